The van der Waals surface area contributed by atoms with Crippen LogP contribution in [0.2, 0.25) is 0 Å². The number of H-pyrrole nitrogens is 1. The number of anilines is 1. The molecule has 3 N–H and O–H groups in total. The number of imidazole rings is 1. The Balaban J connectivity index is 1.59. The lowest BCUT2D eigenvalue weighted by molar-refractivity contribution is 0.102. The number of urea groups is 1. The van der Waals surface area contributed by atoms with Gasteiger partial charge in [-0.05, 0) is 29.8 Å². The first kappa shape index (κ1) is 16.9. The van der Waals surface area contributed by atoms with E-state index in [4.69, 9.17) is 0 Å². The van der Waals surface area contributed by atoms with Gasteiger partial charge in [0.2, 0.25) is 0 Å². The Kier molecular flexibility index (Phi) is 4.15. The van der Waals surface area contributed by atoms with E-state index in [2.05, 4.69) is 15.6 Å². The van der Waals surface area contributed by atoms with E-state index in [1.165, 1.54) is 4.57 Å². The number of aromatic nitrogens is 2. The molecule has 0 atom stereocenters. The molecule has 1 aliphatic rings. The van der Waals surface area contributed by atoms with Crippen LogP contribution >= 0.6 is 0 Å². The van der Waals surface area contributed by atoms with Gasteiger partial charge in [-0.15, -0.1) is 0 Å². The highest BCUT2D eigenvalue weighted by molar-refractivity contribution is 6.06. The summed E-state index contributed by atoms with van der Waals surface area (Å²) < 4.78 is 1.46. The summed E-state index contributed by atoms with van der Waals surface area (Å²) in [5, 5.41) is 5.68. The SMILES string of the molecule is Cn1c(=O)[nH]c2ccc(C(=O)Nc3ccccc3CN3CCNC3=O)cc21. The Hall–Kier alpha value is -3.55. The van der Waals surface area contributed by atoms with Crippen LogP contribution in [-0.2, 0) is 13.6 Å². The average molecular weight is 365 g/mol. The number of hydrogen-bond donors (Lipinski definition) is 3. The van der Waals surface area contributed by atoms with Crippen molar-refractivity contribution in [3.63, 3.8) is 0 Å². The number of hydrogen-bond acceptors (Lipinski definition) is 3. The maximum atomic E-state index is 12.7. The molecule has 0 bridgehead atoms. The maximum absolute atomic E-state index is 12.7. The average Bonchev–Trinajstić information content (AvgIpc) is 3.19. The fourth-order valence-electron chi connectivity index (χ4n) is 3.21. The molecule has 1 aliphatic heterocycles. The number of nitrogens with zero attached hydrogens (tertiary/aromatic N) is 2. The van der Waals surface area contributed by atoms with Crippen LogP contribution in [0.5, 0.6) is 0 Å². The molecule has 0 radical (unpaired) electrons. The van der Waals surface area contributed by atoms with Crippen molar-refractivity contribution in [2.24, 2.45) is 7.05 Å². The predicted molar refractivity (Wildman–Crippen MR) is 102 cm³/mol. The minimum Gasteiger partial charge on any atom is -0.336 e. The lowest BCUT2D eigenvalue weighted by Crippen LogP contribution is -2.28. The van der Waals surface area contributed by atoms with E-state index in [9.17, 15) is 14.4 Å². The van der Waals surface area contributed by atoms with Crippen molar-refractivity contribution in [3.8, 4) is 0 Å². The minimum absolute atomic E-state index is 0.102. The molecule has 27 heavy (non-hydrogen) atoms. The van der Waals surface area contributed by atoms with Gasteiger partial charge in [-0.3, -0.25) is 9.36 Å². The molecule has 1 saturated heterocycles. The van der Waals surface area contributed by atoms with Crippen molar-refractivity contribution in [1.82, 2.24) is 19.8 Å². The summed E-state index contributed by atoms with van der Waals surface area (Å²) in [5.74, 6) is -0.274. The molecule has 0 unspecified atom stereocenters. The number of fused-ring (bicyclic) bond motifs is 1. The van der Waals surface area contributed by atoms with Gasteiger partial charge in [-0.25, -0.2) is 9.59 Å². The fourth-order valence-corrected chi connectivity index (χ4v) is 3.21. The van der Waals surface area contributed by atoms with Crippen molar-refractivity contribution in [2.45, 2.75) is 6.54 Å². The summed E-state index contributed by atoms with van der Waals surface area (Å²) in [4.78, 5) is 40.7. The van der Waals surface area contributed by atoms with Gasteiger partial charge in [0.25, 0.3) is 5.91 Å². The van der Waals surface area contributed by atoms with Crippen molar-refractivity contribution in [2.75, 3.05) is 18.4 Å². The van der Waals surface area contributed by atoms with E-state index < -0.39 is 0 Å². The van der Waals surface area contributed by atoms with Crippen molar-refractivity contribution < 1.29 is 9.59 Å². The van der Waals surface area contributed by atoms with Crippen LogP contribution in [0.4, 0.5) is 10.5 Å². The first-order chi connectivity index (χ1) is 13.0. The number of carbonyl (C=O) groups is 2. The molecule has 8 heteroatoms. The van der Waals surface area contributed by atoms with Crippen molar-refractivity contribution in [1.29, 1.82) is 0 Å². The van der Waals surface area contributed by atoms with Crippen molar-refractivity contribution >= 4 is 28.7 Å². The Morgan fingerprint density at radius 3 is 2.78 bits per heavy atom. The van der Waals surface area contributed by atoms with E-state index in [1.54, 1.807) is 30.1 Å². The molecule has 0 saturated carbocycles. The van der Waals surface area contributed by atoms with E-state index in [-0.39, 0.29) is 17.6 Å². The number of benzene rings is 2. The molecule has 8 nitrogen and oxygen atoms in total. The van der Waals surface area contributed by atoms with Crippen LogP contribution in [0.25, 0.3) is 11.0 Å². The van der Waals surface area contributed by atoms with E-state index in [0.29, 0.717) is 41.9 Å². The lowest BCUT2D eigenvalue weighted by atomic mass is 10.1. The van der Waals surface area contributed by atoms with E-state index >= 15 is 0 Å². The first-order valence-electron chi connectivity index (χ1n) is 8.64. The van der Waals surface area contributed by atoms with Gasteiger partial charge in [0.05, 0.1) is 11.0 Å². The molecule has 2 heterocycles. The van der Waals surface area contributed by atoms with Gasteiger partial charge in [-0.1, -0.05) is 18.2 Å². The van der Waals surface area contributed by atoms with Crippen LogP contribution in [0, 0.1) is 0 Å². The summed E-state index contributed by atoms with van der Waals surface area (Å²) in [6, 6.07) is 12.4. The third-order valence-corrected chi connectivity index (χ3v) is 4.74. The van der Waals surface area contributed by atoms with Crippen LogP contribution in [0.3, 0.4) is 0 Å². The number of aromatic amines is 1. The van der Waals surface area contributed by atoms with E-state index in [1.807, 2.05) is 24.3 Å². The normalized spacial score (nSPS) is 13.8. The number of nitrogens with one attached hydrogen (secondary N) is 3. The number of rotatable bonds is 4. The van der Waals surface area contributed by atoms with Crippen molar-refractivity contribution in [3.05, 3.63) is 64.1 Å². The number of amides is 3. The second-order valence-corrected chi connectivity index (χ2v) is 6.49. The number of aryl methyl sites for hydroxylation is 1. The molecular formula is C19H19N5O3. The summed E-state index contributed by atoms with van der Waals surface area (Å²) in [6.07, 6.45) is 0. The van der Waals surface area contributed by atoms with Gasteiger partial charge in [0, 0.05) is 37.9 Å². The second kappa shape index (κ2) is 6.64. The molecule has 3 amide bonds. The number of para-hydroxylation sites is 1. The van der Waals surface area contributed by atoms with Gasteiger partial charge in [-0.2, -0.15) is 0 Å². The molecule has 0 aliphatic carbocycles. The second-order valence-electron chi connectivity index (χ2n) is 6.49. The summed E-state index contributed by atoms with van der Waals surface area (Å²) in [5.41, 5.74) is 3.08. The summed E-state index contributed by atoms with van der Waals surface area (Å²) in [7, 11) is 1.65. The fraction of sp³-hybridized carbons (Fsp3) is 0.211. The Labute approximate surface area is 154 Å². The Bertz CT molecular complexity index is 1100. The highest BCUT2D eigenvalue weighted by atomic mass is 16.2. The Morgan fingerprint density at radius 2 is 2.00 bits per heavy atom. The zero-order valence-electron chi connectivity index (χ0n) is 14.8. The third-order valence-electron chi connectivity index (χ3n) is 4.74. The topological polar surface area (TPSA) is 99.2 Å². The highest BCUT2D eigenvalue weighted by Crippen LogP contribution is 2.20. The molecule has 138 valence electrons. The van der Waals surface area contributed by atoms with Crippen LogP contribution in [-0.4, -0.2) is 39.5 Å². The molecule has 1 fully saturated rings. The lowest BCUT2D eigenvalue weighted by Gasteiger charge is -2.17. The summed E-state index contributed by atoms with van der Waals surface area (Å²) in [6.45, 7) is 1.69. The zero-order valence-corrected chi connectivity index (χ0v) is 14.8. The molecule has 0 spiro atoms. The minimum atomic E-state index is -0.274. The third kappa shape index (κ3) is 3.17. The molecule has 4 rings (SSSR count). The van der Waals surface area contributed by atoms with Gasteiger partial charge < -0.3 is 20.5 Å². The molecule has 3 aromatic rings. The van der Waals surface area contributed by atoms with Crippen LogP contribution < -0.4 is 16.3 Å². The van der Waals surface area contributed by atoms with Gasteiger partial charge >= 0.3 is 11.7 Å². The van der Waals surface area contributed by atoms with Gasteiger partial charge in [0.1, 0.15) is 0 Å². The monoisotopic (exact) mass is 365 g/mol. The highest BCUT2D eigenvalue weighted by Gasteiger charge is 2.21. The number of carbonyl (C=O) groups excluding carboxylic acids is 2. The molecule has 1 aromatic heterocycles. The molecular weight excluding hydrogens is 346 g/mol. The first-order valence-corrected chi connectivity index (χ1v) is 8.64. The quantitative estimate of drug-likeness (QED) is 0.655. The summed E-state index contributed by atoms with van der Waals surface area (Å²) >= 11 is 0. The molecule has 2 aromatic carbocycles. The Morgan fingerprint density at radius 1 is 1.19 bits per heavy atom. The maximum Gasteiger partial charge on any atom is 0.326 e. The predicted octanol–water partition coefficient (Wildman–Crippen LogP) is 1.64. The van der Waals surface area contributed by atoms with Crippen LogP contribution in [0.15, 0.2) is 47.3 Å². The largest absolute Gasteiger partial charge is 0.336 e. The zero-order chi connectivity index (χ0) is 19.0. The van der Waals surface area contributed by atoms with E-state index in [0.717, 1.165) is 5.56 Å². The van der Waals surface area contributed by atoms with Gasteiger partial charge in [0.15, 0.2) is 0 Å². The van der Waals surface area contributed by atoms with Crippen LogP contribution in [0.1, 0.15) is 15.9 Å². The smallest absolute Gasteiger partial charge is 0.326 e. The standard InChI is InChI=1S/C19H19N5O3/c1-23-16-10-12(6-7-15(16)22-19(23)27)17(25)21-14-5-3-2-4-13(14)11-24-9-8-20-18(24)26/h2-7,10H,8-9,11H2,1H3,(H,20,26)(H,21,25)(H,22,27).